The van der Waals surface area contributed by atoms with Gasteiger partial charge in [0.05, 0.1) is 29.2 Å². The van der Waals surface area contributed by atoms with Gasteiger partial charge in [0.2, 0.25) is 5.91 Å². The van der Waals surface area contributed by atoms with Crippen LogP contribution in [0, 0.1) is 25.7 Å². The number of aliphatic hydroxyl groups excluding tert-OH is 1. The van der Waals surface area contributed by atoms with Crippen LogP contribution in [-0.4, -0.2) is 74.5 Å². The van der Waals surface area contributed by atoms with Crippen molar-refractivity contribution < 1.29 is 24.2 Å². The van der Waals surface area contributed by atoms with Crippen molar-refractivity contribution in [3.8, 4) is 0 Å². The number of aliphatic hydroxyl groups is 1. The maximum atomic E-state index is 14.7. The van der Waals surface area contributed by atoms with Gasteiger partial charge >= 0.3 is 5.97 Å². The number of para-hydroxylation sites is 1. The summed E-state index contributed by atoms with van der Waals surface area (Å²) in [6, 6.07) is 4.50. The molecular formula is C28H35BrN2O5S. The summed E-state index contributed by atoms with van der Waals surface area (Å²) >= 11 is 5.32. The number of fused-ring (bicyclic) bond motifs is 1. The van der Waals surface area contributed by atoms with Crippen molar-refractivity contribution in [2.45, 2.75) is 60.5 Å². The number of likely N-dealkylation sites (tertiary alicyclic amines) is 1. The number of esters is 1. The number of aryl methyl sites for hydroxylation is 2. The van der Waals surface area contributed by atoms with E-state index in [9.17, 15) is 19.5 Å². The molecule has 9 heteroatoms. The highest BCUT2D eigenvalue weighted by Gasteiger charge is 2.76. The minimum Gasteiger partial charge on any atom is -0.461 e. The van der Waals surface area contributed by atoms with E-state index in [-0.39, 0.29) is 41.6 Å². The Morgan fingerprint density at radius 1 is 1.32 bits per heavy atom. The monoisotopic (exact) mass is 590 g/mol. The number of hydrogen-bond donors (Lipinski definition) is 1. The van der Waals surface area contributed by atoms with Gasteiger partial charge in [0.1, 0.15) is 12.6 Å². The van der Waals surface area contributed by atoms with Gasteiger partial charge in [-0.05, 0) is 37.8 Å². The molecule has 2 bridgehead atoms. The van der Waals surface area contributed by atoms with Crippen molar-refractivity contribution in [3.63, 3.8) is 0 Å². The van der Waals surface area contributed by atoms with E-state index in [1.54, 1.807) is 27.6 Å². The van der Waals surface area contributed by atoms with E-state index in [0.717, 1.165) is 16.8 Å². The predicted octanol–water partition coefficient (Wildman–Crippen LogP) is 3.79. The number of rotatable bonds is 10. The second kappa shape index (κ2) is 10.9. The summed E-state index contributed by atoms with van der Waals surface area (Å²) in [4.78, 5) is 45.3. The Labute approximate surface area is 231 Å². The fourth-order valence-corrected chi connectivity index (χ4v) is 10.0. The van der Waals surface area contributed by atoms with Gasteiger partial charge in [0.15, 0.2) is 0 Å². The highest BCUT2D eigenvalue weighted by molar-refractivity contribution is 9.09. The smallest absolute Gasteiger partial charge is 0.311 e. The average Bonchev–Trinajstić information content (AvgIpc) is 3.46. The summed E-state index contributed by atoms with van der Waals surface area (Å²) in [7, 11) is 0. The molecular weight excluding hydrogens is 556 g/mol. The maximum absolute atomic E-state index is 14.7. The van der Waals surface area contributed by atoms with Gasteiger partial charge in [-0.3, -0.25) is 14.4 Å². The highest BCUT2D eigenvalue weighted by atomic mass is 79.9. The van der Waals surface area contributed by atoms with Gasteiger partial charge < -0.3 is 19.6 Å². The molecule has 3 heterocycles. The first-order valence-corrected chi connectivity index (χ1v) is 14.5. The van der Waals surface area contributed by atoms with Crippen molar-refractivity contribution >= 4 is 51.2 Å². The number of amides is 2. The van der Waals surface area contributed by atoms with E-state index in [1.165, 1.54) is 6.08 Å². The van der Waals surface area contributed by atoms with Gasteiger partial charge in [0, 0.05) is 22.3 Å². The standard InChI is InChI=1S/C28H35BrN2O5S/c1-6-12-30(22-16(4)10-9-11-17(22)5)26(34)24-28-14-19(29)23(37-28)20(27(35)36-13-7-2)21(28)25(33)31(24)18(8-3)15-32/h6-7,9-11,18-21,23-24,32H,1-2,8,12-15H2,3-5H3/t18-,19?,20-,21-,23-,24?,28?/m0/s1. The average molecular weight is 592 g/mol. The van der Waals surface area contributed by atoms with E-state index in [0.29, 0.717) is 12.8 Å². The lowest BCUT2D eigenvalue weighted by Crippen LogP contribution is -2.58. The van der Waals surface area contributed by atoms with Crippen LogP contribution in [0.25, 0.3) is 0 Å². The number of halogens is 1. The molecule has 3 aliphatic heterocycles. The third-order valence-corrected chi connectivity index (χ3v) is 11.2. The molecule has 3 unspecified atom stereocenters. The number of hydrogen-bond acceptors (Lipinski definition) is 6. The summed E-state index contributed by atoms with van der Waals surface area (Å²) < 4.78 is 4.62. The Hall–Kier alpha value is -2.10. The fourth-order valence-electron chi connectivity index (χ4n) is 6.46. The second-order valence-electron chi connectivity index (χ2n) is 10.1. The highest BCUT2D eigenvalue weighted by Crippen LogP contribution is 2.68. The molecule has 1 aromatic carbocycles. The number of ether oxygens (including phenoxy) is 1. The summed E-state index contributed by atoms with van der Waals surface area (Å²) in [6.45, 7) is 13.4. The molecule has 200 valence electrons. The van der Waals surface area contributed by atoms with Crippen LogP contribution >= 0.6 is 27.7 Å². The molecule has 1 aromatic rings. The molecule has 1 N–H and O–H groups in total. The van der Waals surface area contributed by atoms with Crippen molar-refractivity contribution in [1.29, 1.82) is 0 Å². The van der Waals surface area contributed by atoms with Crippen LogP contribution in [0.4, 0.5) is 5.69 Å². The molecule has 0 aromatic heterocycles. The van der Waals surface area contributed by atoms with Crippen molar-refractivity contribution in [3.05, 3.63) is 54.6 Å². The lowest BCUT2D eigenvalue weighted by atomic mass is 9.71. The quantitative estimate of drug-likeness (QED) is 0.253. The van der Waals surface area contributed by atoms with Crippen LogP contribution < -0.4 is 4.90 Å². The maximum Gasteiger partial charge on any atom is 0.311 e. The Balaban J connectivity index is 1.86. The molecule has 3 saturated heterocycles. The Kier molecular flexibility index (Phi) is 8.26. The summed E-state index contributed by atoms with van der Waals surface area (Å²) in [5.41, 5.74) is 2.69. The lowest BCUT2D eigenvalue weighted by Gasteiger charge is -2.40. The number of thioether (sulfide) groups is 1. The normalized spacial score (nSPS) is 30.7. The summed E-state index contributed by atoms with van der Waals surface area (Å²) in [5.74, 6) is -2.29. The van der Waals surface area contributed by atoms with Crippen molar-refractivity contribution in [1.82, 2.24) is 4.90 Å². The van der Waals surface area contributed by atoms with Crippen LogP contribution in [0.15, 0.2) is 43.5 Å². The molecule has 0 aliphatic carbocycles. The molecule has 0 saturated carbocycles. The summed E-state index contributed by atoms with van der Waals surface area (Å²) in [6.07, 6.45) is 4.24. The van der Waals surface area contributed by atoms with Crippen LogP contribution in [0.2, 0.25) is 0 Å². The van der Waals surface area contributed by atoms with Crippen LogP contribution in [0.3, 0.4) is 0 Å². The third kappa shape index (κ3) is 4.36. The van der Waals surface area contributed by atoms with Gasteiger partial charge in [-0.1, -0.05) is 59.8 Å². The fraction of sp³-hybridized carbons (Fsp3) is 0.536. The zero-order chi connectivity index (χ0) is 27.1. The molecule has 1 spiro atoms. The van der Waals surface area contributed by atoms with E-state index >= 15 is 0 Å². The van der Waals surface area contributed by atoms with Gasteiger partial charge in [0.25, 0.3) is 5.91 Å². The molecule has 7 nitrogen and oxygen atoms in total. The third-order valence-electron chi connectivity index (χ3n) is 7.94. The molecule has 37 heavy (non-hydrogen) atoms. The van der Waals surface area contributed by atoms with E-state index in [1.807, 2.05) is 39.0 Å². The first kappa shape index (κ1) is 27.9. The number of nitrogens with zero attached hydrogens (tertiary/aromatic N) is 2. The Morgan fingerprint density at radius 2 is 2.00 bits per heavy atom. The topological polar surface area (TPSA) is 87.1 Å². The van der Waals surface area contributed by atoms with E-state index in [4.69, 9.17) is 4.74 Å². The van der Waals surface area contributed by atoms with Crippen LogP contribution in [-0.2, 0) is 19.1 Å². The minimum absolute atomic E-state index is 0.0552. The zero-order valence-electron chi connectivity index (χ0n) is 21.6. The minimum atomic E-state index is -0.840. The van der Waals surface area contributed by atoms with Crippen molar-refractivity contribution in [2.75, 3.05) is 24.7 Å². The molecule has 3 aliphatic rings. The number of carbonyl (C=O) groups excluding carboxylic acids is 3. The largest absolute Gasteiger partial charge is 0.461 e. The molecule has 2 amide bonds. The Bertz CT molecular complexity index is 1090. The molecule has 4 rings (SSSR count). The summed E-state index contributed by atoms with van der Waals surface area (Å²) in [5, 5.41) is 10.1. The first-order chi connectivity index (χ1) is 17.7. The van der Waals surface area contributed by atoms with Crippen LogP contribution in [0.5, 0.6) is 0 Å². The second-order valence-corrected chi connectivity index (χ2v) is 12.8. The van der Waals surface area contributed by atoms with Gasteiger partial charge in [-0.15, -0.1) is 18.3 Å². The van der Waals surface area contributed by atoms with Gasteiger partial charge in [-0.25, -0.2) is 0 Å². The number of alkyl halides is 1. The SMILES string of the molecule is C=CCOC(=O)[C@H]1[C@H]2C(=O)N([C@@H](CC)CO)C(C(=O)N(CC=C)c3c(C)cccc3C)C23CC(Br)[C@@H]1S3. The lowest BCUT2D eigenvalue weighted by molar-refractivity contribution is -0.153. The molecule has 7 atom stereocenters. The number of benzene rings is 1. The predicted molar refractivity (Wildman–Crippen MR) is 150 cm³/mol. The zero-order valence-corrected chi connectivity index (χ0v) is 24.0. The van der Waals surface area contributed by atoms with E-state index < -0.39 is 34.6 Å². The van der Waals surface area contributed by atoms with Gasteiger partial charge in [-0.2, -0.15) is 0 Å². The van der Waals surface area contributed by atoms with Crippen molar-refractivity contribution in [2.24, 2.45) is 11.8 Å². The number of anilines is 1. The first-order valence-electron chi connectivity index (χ1n) is 12.7. The Morgan fingerprint density at radius 3 is 2.57 bits per heavy atom. The van der Waals surface area contributed by atoms with E-state index in [2.05, 4.69) is 29.1 Å². The number of carbonyl (C=O) groups is 3. The van der Waals surface area contributed by atoms with Crippen LogP contribution in [0.1, 0.15) is 30.9 Å². The molecule has 0 radical (unpaired) electrons. The molecule has 3 fully saturated rings.